The second kappa shape index (κ2) is 9.84. The van der Waals surface area contributed by atoms with Gasteiger partial charge < -0.3 is 20.5 Å². The summed E-state index contributed by atoms with van der Waals surface area (Å²) in [5.74, 6) is 0.712. The number of aromatic nitrogens is 3. The molecule has 0 bridgehead atoms. The van der Waals surface area contributed by atoms with E-state index >= 15 is 0 Å². The average molecular weight is 474 g/mol. The van der Waals surface area contributed by atoms with Crippen LogP contribution in [0.2, 0.25) is 0 Å². The third kappa shape index (κ3) is 4.79. The van der Waals surface area contributed by atoms with Gasteiger partial charge in [0, 0.05) is 29.1 Å². The van der Waals surface area contributed by atoms with Gasteiger partial charge in [0.25, 0.3) is 5.91 Å². The summed E-state index contributed by atoms with van der Waals surface area (Å²) in [6.45, 7) is 3.76. The standard InChI is InChI=1S/C26H27N5O4/c1-15-20(16(2)31-14-28-24(25(27)33)26(31)29-15)10-12-23(32)30-18-7-11-22(35-4)21(13-18)17-5-8-19(34-3)9-6-17/h5-9,11,13-14H,10,12H2,1-4H3,(H2,27,33)(H,30,32). The van der Waals surface area contributed by atoms with Gasteiger partial charge in [0.15, 0.2) is 11.3 Å². The number of aryl methyl sites for hydroxylation is 2. The van der Waals surface area contributed by atoms with Gasteiger partial charge in [-0.25, -0.2) is 9.97 Å². The van der Waals surface area contributed by atoms with Crippen LogP contribution in [0.4, 0.5) is 5.69 Å². The molecule has 4 rings (SSSR count). The molecule has 9 heteroatoms. The number of fused-ring (bicyclic) bond motifs is 1. The fourth-order valence-corrected chi connectivity index (χ4v) is 4.11. The van der Waals surface area contributed by atoms with E-state index in [1.165, 1.54) is 6.33 Å². The maximum absolute atomic E-state index is 12.8. The number of hydrogen-bond donors (Lipinski definition) is 2. The fourth-order valence-electron chi connectivity index (χ4n) is 4.11. The zero-order chi connectivity index (χ0) is 25.1. The summed E-state index contributed by atoms with van der Waals surface area (Å²) in [4.78, 5) is 33.0. The number of methoxy groups -OCH3 is 2. The molecule has 0 saturated heterocycles. The summed E-state index contributed by atoms with van der Waals surface area (Å²) in [6, 6.07) is 13.2. The maximum atomic E-state index is 12.8. The molecule has 9 nitrogen and oxygen atoms in total. The topological polar surface area (TPSA) is 121 Å². The lowest BCUT2D eigenvalue weighted by atomic mass is 10.0. The fraction of sp³-hybridized carbons (Fsp3) is 0.231. The summed E-state index contributed by atoms with van der Waals surface area (Å²) in [7, 11) is 3.24. The number of carbonyl (C=O) groups is 2. The minimum Gasteiger partial charge on any atom is -0.497 e. The van der Waals surface area contributed by atoms with E-state index in [9.17, 15) is 9.59 Å². The van der Waals surface area contributed by atoms with Crippen molar-refractivity contribution in [3.8, 4) is 22.6 Å². The first kappa shape index (κ1) is 23.7. The summed E-state index contributed by atoms with van der Waals surface area (Å²) in [5.41, 5.74) is 10.9. The Morgan fingerprint density at radius 2 is 1.80 bits per heavy atom. The Labute approximate surface area is 202 Å². The van der Waals surface area contributed by atoms with Gasteiger partial charge in [-0.05, 0) is 61.7 Å². The van der Waals surface area contributed by atoms with Crippen LogP contribution in [-0.4, -0.2) is 40.4 Å². The molecule has 180 valence electrons. The van der Waals surface area contributed by atoms with Gasteiger partial charge in [-0.1, -0.05) is 12.1 Å². The molecule has 0 aliphatic rings. The number of primary amides is 1. The van der Waals surface area contributed by atoms with Crippen LogP contribution >= 0.6 is 0 Å². The zero-order valence-corrected chi connectivity index (χ0v) is 20.1. The molecular weight excluding hydrogens is 446 g/mol. The zero-order valence-electron chi connectivity index (χ0n) is 20.1. The van der Waals surface area contributed by atoms with Crippen LogP contribution in [0.25, 0.3) is 16.8 Å². The van der Waals surface area contributed by atoms with Crippen LogP contribution in [0.5, 0.6) is 11.5 Å². The van der Waals surface area contributed by atoms with Crippen molar-refractivity contribution in [2.75, 3.05) is 19.5 Å². The van der Waals surface area contributed by atoms with E-state index in [-0.39, 0.29) is 18.0 Å². The van der Waals surface area contributed by atoms with Crippen molar-refractivity contribution in [2.45, 2.75) is 26.7 Å². The summed E-state index contributed by atoms with van der Waals surface area (Å²) < 4.78 is 12.5. The van der Waals surface area contributed by atoms with E-state index in [1.54, 1.807) is 18.6 Å². The van der Waals surface area contributed by atoms with E-state index in [0.717, 1.165) is 33.8 Å². The third-order valence-corrected chi connectivity index (χ3v) is 5.97. The molecule has 0 radical (unpaired) electrons. The molecular formula is C26H27N5O4. The average Bonchev–Trinajstić information content (AvgIpc) is 3.28. The normalized spacial score (nSPS) is 10.9. The number of ether oxygens (including phenoxy) is 2. The van der Waals surface area contributed by atoms with Crippen LogP contribution in [0.1, 0.15) is 33.9 Å². The molecule has 35 heavy (non-hydrogen) atoms. The van der Waals surface area contributed by atoms with Crippen molar-refractivity contribution >= 4 is 23.1 Å². The van der Waals surface area contributed by atoms with E-state index in [0.29, 0.717) is 23.5 Å². The number of amides is 2. The molecule has 2 aromatic carbocycles. The lowest BCUT2D eigenvalue weighted by molar-refractivity contribution is -0.116. The number of nitrogens with zero attached hydrogens (tertiary/aromatic N) is 3. The van der Waals surface area contributed by atoms with E-state index in [2.05, 4.69) is 15.3 Å². The maximum Gasteiger partial charge on any atom is 0.271 e. The lowest BCUT2D eigenvalue weighted by Gasteiger charge is -2.14. The predicted molar refractivity (Wildman–Crippen MR) is 133 cm³/mol. The van der Waals surface area contributed by atoms with E-state index in [1.807, 2.05) is 56.3 Å². The molecule has 0 saturated carbocycles. The minimum absolute atomic E-state index is 0.127. The molecule has 0 aliphatic carbocycles. The quantitative estimate of drug-likeness (QED) is 0.403. The second-order valence-electron chi connectivity index (χ2n) is 8.10. The molecule has 2 heterocycles. The Kier molecular flexibility index (Phi) is 6.68. The van der Waals surface area contributed by atoms with Crippen molar-refractivity contribution in [2.24, 2.45) is 5.73 Å². The molecule has 0 aliphatic heterocycles. The minimum atomic E-state index is -0.626. The van der Waals surface area contributed by atoms with E-state index in [4.69, 9.17) is 15.2 Å². The first-order chi connectivity index (χ1) is 16.8. The summed E-state index contributed by atoms with van der Waals surface area (Å²) >= 11 is 0. The van der Waals surface area contributed by atoms with Gasteiger partial charge in [0.2, 0.25) is 5.91 Å². The van der Waals surface area contributed by atoms with Gasteiger partial charge in [-0.3, -0.25) is 14.0 Å². The number of nitrogens with one attached hydrogen (secondary N) is 1. The number of rotatable bonds is 8. The van der Waals surface area contributed by atoms with Gasteiger partial charge in [-0.15, -0.1) is 0 Å². The Hall–Kier alpha value is -4.40. The highest BCUT2D eigenvalue weighted by molar-refractivity contribution is 5.96. The number of hydrogen-bond acceptors (Lipinski definition) is 6. The van der Waals surface area contributed by atoms with Crippen molar-refractivity contribution in [3.63, 3.8) is 0 Å². The molecule has 2 aromatic heterocycles. The SMILES string of the molecule is COc1ccc(-c2cc(NC(=O)CCc3c(C)nc4c(C(N)=O)ncn4c3C)ccc2OC)cc1. The monoisotopic (exact) mass is 473 g/mol. The number of imidazole rings is 1. The highest BCUT2D eigenvalue weighted by Gasteiger charge is 2.17. The predicted octanol–water partition coefficient (Wildman–Crippen LogP) is 3.70. The van der Waals surface area contributed by atoms with Crippen molar-refractivity contribution in [3.05, 3.63) is 71.4 Å². The van der Waals surface area contributed by atoms with Gasteiger partial charge in [0.1, 0.15) is 17.8 Å². The summed E-state index contributed by atoms with van der Waals surface area (Å²) in [5, 5.41) is 2.97. The number of benzene rings is 2. The number of carbonyl (C=O) groups excluding carboxylic acids is 2. The van der Waals surface area contributed by atoms with Crippen molar-refractivity contribution in [1.82, 2.24) is 14.4 Å². The lowest BCUT2D eigenvalue weighted by Crippen LogP contribution is -2.15. The van der Waals surface area contributed by atoms with Crippen molar-refractivity contribution < 1.29 is 19.1 Å². The van der Waals surface area contributed by atoms with Gasteiger partial charge in [-0.2, -0.15) is 0 Å². The molecule has 0 unspecified atom stereocenters. The van der Waals surface area contributed by atoms with Crippen LogP contribution in [0, 0.1) is 13.8 Å². The van der Waals surface area contributed by atoms with Crippen LogP contribution in [0.15, 0.2) is 48.8 Å². The molecule has 0 atom stereocenters. The molecule has 4 aromatic rings. The molecule has 0 spiro atoms. The number of nitrogens with two attached hydrogens (primary N) is 1. The molecule has 0 fully saturated rings. The largest absolute Gasteiger partial charge is 0.497 e. The summed E-state index contributed by atoms with van der Waals surface area (Å²) in [6.07, 6.45) is 2.27. The van der Waals surface area contributed by atoms with E-state index < -0.39 is 5.91 Å². The second-order valence-corrected chi connectivity index (χ2v) is 8.10. The molecule has 3 N–H and O–H groups in total. The van der Waals surface area contributed by atoms with Crippen LogP contribution in [0.3, 0.4) is 0 Å². The Balaban J connectivity index is 1.51. The van der Waals surface area contributed by atoms with Gasteiger partial charge in [0.05, 0.1) is 14.2 Å². The van der Waals surface area contributed by atoms with Crippen LogP contribution < -0.4 is 20.5 Å². The smallest absolute Gasteiger partial charge is 0.271 e. The number of anilines is 1. The highest BCUT2D eigenvalue weighted by atomic mass is 16.5. The molecule has 2 amide bonds. The Bertz CT molecular complexity index is 1410. The third-order valence-electron chi connectivity index (χ3n) is 5.97. The van der Waals surface area contributed by atoms with Crippen LogP contribution in [-0.2, 0) is 11.2 Å². The Morgan fingerprint density at radius 1 is 1.06 bits per heavy atom. The highest BCUT2D eigenvalue weighted by Crippen LogP contribution is 2.33. The first-order valence-electron chi connectivity index (χ1n) is 11.1. The van der Waals surface area contributed by atoms with Gasteiger partial charge >= 0.3 is 0 Å². The Morgan fingerprint density at radius 3 is 2.46 bits per heavy atom. The van der Waals surface area contributed by atoms with Crippen molar-refractivity contribution in [1.29, 1.82) is 0 Å². The first-order valence-corrected chi connectivity index (χ1v) is 11.1.